The van der Waals surface area contributed by atoms with Gasteiger partial charge in [-0.25, -0.2) is 5.53 Å². The van der Waals surface area contributed by atoms with Crippen molar-refractivity contribution in [2.24, 2.45) is 5.11 Å². The van der Waals surface area contributed by atoms with Gasteiger partial charge in [-0.05, 0) is 35.2 Å². The van der Waals surface area contributed by atoms with E-state index in [1.54, 1.807) is 6.07 Å². The SMILES string of the molecule is N=N/C(=C\Nc1ccc(C(O)NCCN2CCOCC2)cc1)c1cc2ccccc2[nH]c1=O. The molecule has 0 aliphatic carbocycles. The summed E-state index contributed by atoms with van der Waals surface area (Å²) in [5.74, 6) is 0. The highest BCUT2D eigenvalue weighted by atomic mass is 16.5. The maximum atomic E-state index is 12.4. The molecule has 172 valence electrons. The Morgan fingerprint density at radius 2 is 1.97 bits per heavy atom. The summed E-state index contributed by atoms with van der Waals surface area (Å²) in [7, 11) is 0. The Morgan fingerprint density at radius 3 is 2.73 bits per heavy atom. The Balaban J connectivity index is 1.37. The normalized spacial score (nSPS) is 16.0. The number of anilines is 1. The number of hydrogen-bond donors (Lipinski definition) is 5. The van der Waals surface area contributed by atoms with E-state index in [9.17, 15) is 9.90 Å². The second-order valence-corrected chi connectivity index (χ2v) is 7.82. The first-order chi connectivity index (χ1) is 16.1. The number of aliphatic hydroxyl groups excluding tert-OH is 1. The van der Waals surface area contributed by atoms with Crippen LogP contribution in [0.25, 0.3) is 16.6 Å². The fraction of sp³-hybridized carbons (Fsp3) is 0.292. The van der Waals surface area contributed by atoms with E-state index < -0.39 is 6.23 Å². The molecule has 0 bridgehead atoms. The average molecular weight is 449 g/mol. The highest BCUT2D eigenvalue weighted by Gasteiger charge is 2.12. The van der Waals surface area contributed by atoms with Gasteiger partial charge in [0.25, 0.3) is 5.56 Å². The molecule has 2 aromatic carbocycles. The molecule has 0 spiro atoms. The van der Waals surface area contributed by atoms with Gasteiger partial charge in [0, 0.05) is 43.6 Å². The van der Waals surface area contributed by atoms with Crippen LogP contribution >= 0.6 is 0 Å². The van der Waals surface area contributed by atoms with Crippen molar-refractivity contribution >= 4 is 22.3 Å². The fourth-order valence-electron chi connectivity index (χ4n) is 3.72. The van der Waals surface area contributed by atoms with Crippen molar-refractivity contribution in [1.29, 1.82) is 5.53 Å². The lowest BCUT2D eigenvalue weighted by Crippen LogP contribution is -2.40. The number of pyridine rings is 1. The topological polar surface area (TPSA) is 126 Å². The molecule has 0 radical (unpaired) electrons. The van der Waals surface area contributed by atoms with Crippen molar-refractivity contribution in [3.05, 3.63) is 82.3 Å². The quantitative estimate of drug-likeness (QED) is 0.253. The molecule has 1 unspecified atom stereocenters. The molecule has 0 saturated carbocycles. The minimum absolute atomic E-state index is 0.218. The summed E-state index contributed by atoms with van der Waals surface area (Å²) in [5.41, 5.74) is 9.97. The van der Waals surface area contributed by atoms with Crippen LogP contribution in [0, 0.1) is 5.53 Å². The summed E-state index contributed by atoms with van der Waals surface area (Å²) in [6.07, 6.45) is 0.767. The zero-order chi connectivity index (χ0) is 23.0. The van der Waals surface area contributed by atoms with Gasteiger partial charge in [0.15, 0.2) is 0 Å². The van der Waals surface area contributed by atoms with Crippen molar-refractivity contribution in [3.63, 3.8) is 0 Å². The molecule has 1 aliphatic heterocycles. The van der Waals surface area contributed by atoms with Gasteiger partial charge in [-0.2, -0.15) is 5.11 Å². The Morgan fingerprint density at radius 1 is 1.21 bits per heavy atom. The van der Waals surface area contributed by atoms with Crippen molar-refractivity contribution < 1.29 is 9.84 Å². The highest BCUT2D eigenvalue weighted by Crippen LogP contribution is 2.19. The lowest BCUT2D eigenvalue weighted by Gasteiger charge is -2.27. The van der Waals surface area contributed by atoms with Crippen molar-refractivity contribution in [2.45, 2.75) is 6.23 Å². The van der Waals surface area contributed by atoms with Crippen LogP contribution in [-0.2, 0) is 4.74 Å². The smallest absolute Gasteiger partial charge is 0.258 e. The van der Waals surface area contributed by atoms with Gasteiger partial charge in [-0.1, -0.05) is 30.3 Å². The second kappa shape index (κ2) is 11.0. The van der Waals surface area contributed by atoms with Gasteiger partial charge in [0.1, 0.15) is 11.9 Å². The van der Waals surface area contributed by atoms with Gasteiger partial charge in [-0.15, -0.1) is 0 Å². The molecule has 4 rings (SSSR count). The second-order valence-electron chi connectivity index (χ2n) is 7.82. The Labute approximate surface area is 191 Å². The van der Waals surface area contributed by atoms with E-state index in [4.69, 9.17) is 10.3 Å². The third-order valence-electron chi connectivity index (χ3n) is 5.62. The van der Waals surface area contributed by atoms with E-state index in [1.165, 1.54) is 6.20 Å². The van der Waals surface area contributed by atoms with E-state index in [2.05, 4.69) is 25.6 Å². The number of nitrogens with one attached hydrogen (secondary N) is 4. The van der Waals surface area contributed by atoms with Gasteiger partial charge < -0.3 is 20.1 Å². The standard InChI is InChI=1S/C24H28N6O3/c25-29-22(20-15-18-3-1-2-4-21(18)28-24(20)32)16-27-19-7-5-17(6-8-19)23(31)26-9-10-30-11-13-33-14-12-30/h1-8,15-16,23,25-27,31H,9-14H2,(H,28,32)/b22-16-,29-25?. The maximum absolute atomic E-state index is 12.4. The summed E-state index contributed by atoms with van der Waals surface area (Å²) in [6.45, 7) is 4.90. The summed E-state index contributed by atoms with van der Waals surface area (Å²) >= 11 is 0. The molecular weight excluding hydrogens is 420 g/mol. The molecule has 1 saturated heterocycles. The zero-order valence-electron chi connectivity index (χ0n) is 18.3. The molecule has 1 aliphatic rings. The maximum Gasteiger partial charge on any atom is 0.258 e. The van der Waals surface area contributed by atoms with Crippen LogP contribution in [0.5, 0.6) is 0 Å². The molecule has 9 heteroatoms. The van der Waals surface area contributed by atoms with Gasteiger partial charge in [0.05, 0.1) is 18.8 Å². The van der Waals surface area contributed by atoms with E-state index in [-0.39, 0.29) is 11.3 Å². The molecule has 1 fully saturated rings. The van der Waals surface area contributed by atoms with Crippen molar-refractivity contribution in [2.75, 3.05) is 44.7 Å². The zero-order valence-corrected chi connectivity index (χ0v) is 18.3. The molecule has 1 atom stereocenters. The lowest BCUT2D eigenvalue weighted by molar-refractivity contribution is 0.0356. The monoisotopic (exact) mass is 448 g/mol. The number of ether oxygens (including phenoxy) is 1. The summed E-state index contributed by atoms with van der Waals surface area (Å²) in [4.78, 5) is 17.6. The third-order valence-corrected chi connectivity index (χ3v) is 5.62. The summed E-state index contributed by atoms with van der Waals surface area (Å²) < 4.78 is 5.34. The van der Waals surface area contributed by atoms with Crippen LogP contribution < -0.4 is 16.2 Å². The molecule has 2 heterocycles. The number of morpholine rings is 1. The van der Waals surface area contributed by atoms with Crippen LogP contribution in [0.2, 0.25) is 0 Å². The predicted molar refractivity (Wildman–Crippen MR) is 128 cm³/mol. The van der Waals surface area contributed by atoms with Crippen LogP contribution in [0.1, 0.15) is 17.4 Å². The lowest BCUT2D eigenvalue weighted by atomic mass is 10.1. The minimum atomic E-state index is -0.759. The van der Waals surface area contributed by atoms with Crippen LogP contribution in [0.4, 0.5) is 5.69 Å². The van der Waals surface area contributed by atoms with Gasteiger partial charge in [-0.3, -0.25) is 15.0 Å². The van der Waals surface area contributed by atoms with E-state index in [0.717, 1.165) is 55.0 Å². The number of benzene rings is 2. The van der Waals surface area contributed by atoms with Crippen molar-refractivity contribution in [1.82, 2.24) is 15.2 Å². The number of aliphatic hydroxyl groups is 1. The number of para-hydroxylation sites is 1. The number of H-pyrrole nitrogens is 1. The highest BCUT2D eigenvalue weighted by molar-refractivity contribution is 5.82. The number of hydrogen-bond acceptors (Lipinski definition) is 8. The summed E-state index contributed by atoms with van der Waals surface area (Å²) in [5, 5.41) is 21.0. The molecule has 33 heavy (non-hydrogen) atoms. The number of nitrogens with zero attached hydrogens (tertiary/aromatic N) is 2. The Bertz CT molecular complexity index is 1170. The summed E-state index contributed by atoms with van der Waals surface area (Å²) in [6, 6.07) is 16.5. The van der Waals surface area contributed by atoms with Crippen LogP contribution in [0.15, 0.2) is 70.7 Å². The average Bonchev–Trinajstić information content (AvgIpc) is 2.85. The van der Waals surface area contributed by atoms with Crippen LogP contribution in [-0.4, -0.2) is 54.4 Å². The number of fused-ring (bicyclic) bond motifs is 1. The first-order valence-corrected chi connectivity index (χ1v) is 10.9. The molecule has 5 N–H and O–H groups in total. The fourth-order valence-corrected chi connectivity index (χ4v) is 3.72. The molecule has 0 amide bonds. The predicted octanol–water partition coefficient (Wildman–Crippen LogP) is 2.88. The van der Waals surface area contributed by atoms with E-state index >= 15 is 0 Å². The molecular formula is C24H28N6O3. The van der Waals surface area contributed by atoms with Crippen molar-refractivity contribution in [3.8, 4) is 0 Å². The van der Waals surface area contributed by atoms with E-state index in [1.807, 2.05) is 48.5 Å². The molecule has 3 aromatic rings. The first kappa shape index (κ1) is 22.8. The third kappa shape index (κ3) is 5.91. The Kier molecular flexibility index (Phi) is 7.59. The Hall–Kier alpha value is -3.37. The van der Waals surface area contributed by atoms with Gasteiger partial charge in [0.2, 0.25) is 0 Å². The number of aromatic nitrogens is 1. The number of rotatable bonds is 9. The molecule has 1 aromatic heterocycles. The van der Waals surface area contributed by atoms with Gasteiger partial charge >= 0.3 is 0 Å². The largest absolute Gasteiger partial charge is 0.379 e. The minimum Gasteiger partial charge on any atom is -0.379 e. The number of aromatic amines is 1. The first-order valence-electron chi connectivity index (χ1n) is 10.9. The van der Waals surface area contributed by atoms with E-state index in [0.29, 0.717) is 12.1 Å². The molecule has 9 nitrogen and oxygen atoms in total. The van der Waals surface area contributed by atoms with Crippen LogP contribution in [0.3, 0.4) is 0 Å².